The van der Waals surface area contributed by atoms with Crippen LogP contribution in [0.4, 0.5) is 4.79 Å². The van der Waals surface area contributed by atoms with E-state index in [9.17, 15) is 9.59 Å². The summed E-state index contributed by atoms with van der Waals surface area (Å²) in [6, 6.07) is 3.68. The van der Waals surface area contributed by atoms with Gasteiger partial charge in [-0.2, -0.15) is 0 Å². The molecule has 2 rings (SSSR count). The number of hydrogen-bond acceptors (Lipinski definition) is 5. The second kappa shape index (κ2) is 7.25. The summed E-state index contributed by atoms with van der Waals surface area (Å²) >= 11 is 1.44. The van der Waals surface area contributed by atoms with Crippen LogP contribution in [0.5, 0.6) is 0 Å². The second-order valence-electron chi connectivity index (χ2n) is 4.53. The Labute approximate surface area is 122 Å². The number of thiophene rings is 1. The Morgan fingerprint density at radius 3 is 2.70 bits per heavy atom. The molecule has 1 aromatic rings. The van der Waals surface area contributed by atoms with Crippen molar-refractivity contribution in [1.29, 1.82) is 0 Å². The fraction of sp³-hybridized carbons (Fsp3) is 0.538. The Kier molecular flexibility index (Phi) is 5.37. The lowest BCUT2D eigenvalue weighted by Crippen LogP contribution is -2.50. The monoisotopic (exact) mass is 297 g/mol. The maximum atomic E-state index is 11.7. The molecule has 2 amide bonds. The van der Waals surface area contributed by atoms with Gasteiger partial charge in [-0.15, -0.1) is 11.3 Å². The Bertz CT molecular complexity index is 442. The van der Waals surface area contributed by atoms with Crippen LogP contribution < -0.4 is 5.32 Å². The zero-order valence-electron chi connectivity index (χ0n) is 11.5. The number of nitrogens with one attached hydrogen (secondary N) is 1. The van der Waals surface area contributed by atoms with E-state index in [1.807, 2.05) is 17.5 Å². The highest BCUT2D eigenvalue weighted by atomic mass is 32.1. The van der Waals surface area contributed by atoms with Crippen LogP contribution in [0, 0.1) is 0 Å². The summed E-state index contributed by atoms with van der Waals surface area (Å²) in [5.41, 5.74) is 0. The molecule has 7 heteroatoms. The first-order valence-electron chi connectivity index (χ1n) is 6.57. The molecule has 0 unspecified atom stereocenters. The highest BCUT2D eigenvalue weighted by Gasteiger charge is 2.21. The molecule has 20 heavy (non-hydrogen) atoms. The van der Waals surface area contributed by atoms with Crippen molar-refractivity contribution in [1.82, 2.24) is 15.1 Å². The SMILES string of the molecule is COC(=O)N1CCN(CCNC(=O)c2cccs2)CC1. The molecule has 1 N–H and O–H groups in total. The molecular weight excluding hydrogens is 278 g/mol. The van der Waals surface area contributed by atoms with Gasteiger partial charge < -0.3 is 15.0 Å². The van der Waals surface area contributed by atoms with E-state index in [4.69, 9.17) is 4.74 Å². The number of piperazine rings is 1. The van der Waals surface area contributed by atoms with E-state index in [1.165, 1.54) is 18.4 Å². The lowest BCUT2D eigenvalue weighted by Gasteiger charge is -2.33. The molecule has 1 aliphatic heterocycles. The molecule has 2 heterocycles. The zero-order valence-corrected chi connectivity index (χ0v) is 12.3. The normalized spacial score (nSPS) is 15.9. The number of nitrogens with zero attached hydrogens (tertiary/aromatic N) is 2. The van der Waals surface area contributed by atoms with Gasteiger partial charge >= 0.3 is 6.09 Å². The molecular formula is C13H19N3O3S. The molecule has 1 aliphatic rings. The molecule has 0 radical (unpaired) electrons. The van der Waals surface area contributed by atoms with E-state index in [-0.39, 0.29) is 12.0 Å². The fourth-order valence-electron chi connectivity index (χ4n) is 2.11. The summed E-state index contributed by atoms with van der Waals surface area (Å²) < 4.78 is 4.69. The Morgan fingerprint density at radius 1 is 1.35 bits per heavy atom. The molecule has 1 saturated heterocycles. The maximum Gasteiger partial charge on any atom is 0.409 e. The molecule has 0 saturated carbocycles. The fourth-order valence-corrected chi connectivity index (χ4v) is 2.75. The summed E-state index contributed by atoms with van der Waals surface area (Å²) in [7, 11) is 1.40. The van der Waals surface area contributed by atoms with Crippen LogP contribution in [0.15, 0.2) is 17.5 Å². The van der Waals surface area contributed by atoms with Gasteiger partial charge in [0, 0.05) is 39.3 Å². The third kappa shape index (κ3) is 3.94. The first-order chi connectivity index (χ1) is 9.70. The average Bonchev–Trinajstić information content (AvgIpc) is 3.01. The van der Waals surface area contributed by atoms with E-state index < -0.39 is 0 Å². The molecule has 1 fully saturated rings. The molecule has 0 atom stereocenters. The number of methoxy groups -OCH3 is 1. The van der Waals surface area contributed by atoms with Crippen LogP contribution in [-0.4, -0.2) is 68.2 Å². The van der Waals surface area contributed by atoms with Crippen molar-refractivity contribution in [3.05, 3.63) is 22.4 Å². The van der Waals surface area contributed by atoms with Crippen LogP contribution in [0.3, 0.4) is 0 Å². The summed E-state index contributed by atoms with van der Waals surface area (Å²) in [6.45, 7) is 4.38. The number of ether oxygens (including phenoxy) is 1. The Hall–Kier alpha value is -1.60. The van der Waals surface area contributed by atoms with Crippen molar-refractivity contribution in [2.75, 3.05) is 46.4 Å². The highest BCUT2D eigenvalue weighted by Crippen LogP contribution is 2.07. The van der Waals surface area contributed by atoms with E-state index in [1.54, 1.807) is 4.90 Å². The molecule has 0 aliphatic carbocycles. The molecule has 0 bridgehead atoms. The third-order valence-electron chi connectivity index (χ3n) is 3.26. The Balaban J connectivity index is 1.64. The molecule has 1 aromatic heterocycles. The van der Waals surface area contributed by atoms with E-state index in [0.717, 1.165) is 24.5 Å². The van der Waals surface area contributed by atoms with Crippen molar-refractivity contribution >= 4 is 23.3 Å². The number of rotatable bonds is 4. The molecule has 0 spiro atoms. The first kappa shape index (κ1) is 14.8. The lowest BCUT2D eigenvalue weighted by molar-refractivity contribution is 0.0886. The predicted molar refractivity (Wildman–Crippen MR) is 77.1 cm³/mol. The number of carbonyl (C=O) groups excluding carboxylic acids is 2. The zero-order chi connectivity index (χ0) is 14.4. The van der Waals surface area contributed by atoms with E-state index >= 15 is 0 Å². The van der Waals surface area contributed by atoms with E-state index in [0.29, 0.717) is 19.6 Å². The van der Waals surface area contributed by atoms with Gasteiger partial charge in [0.2, 0.25) is 0 Å². The van der Waals surface area contributed by atoms with Crippen molar-refractivity contribution < 1.29 is 14.3 Å². The molecule has 6 nitrogen and oxygen atoms in total. The average molecular weight is 297 g/mol. The van der Waals surface area contributed by atoms with Crippen LogP contribution >= 0.6 is 11.3 Å². The predicted octanol–water partition coefficient (Wildman–Crippen LogP) is 0.862. The highest BCUT2D eigenvalue weighted by molar-refractivity contribution is 7.12. The van der Waals surface area contributed by atoms with Gasteiger partial charge in [0.25, 0.3) is 5.91 Å². The molecule has 0 aromatic carbocycles. The lowest BCUT2D eigenvalue weighted by atomic mass is 10.3. The van der Waals surface area contributed by atoms with E-state index in [2.05, 4.69) is 10.2 Å². The summed E-state index contributed by atoms with van der Waals surface area (Å²) in [5, 5.41) is 4.79. The molecule has 110 valence electrons. The summed E-state index contributed by atoms with van der Waals surface area (Å²) in [4.78, 5) is 27.7. The summed E-state index contributed by atoms with van der Waals surface area (Å²) in [6.07, 6.45) is -0.268. The minimum Gasteiger partial charge on any atom is -0.453 e. The van der Waals surface area contributed by atoms with Gasteiger partial charge in [-0.3, -0.25) is 9.69 Å². The van der Waals surface area contributed by atoms with Crippen molar-refractivity contribution in [2.45, 2.75) is 0 Å². The van der Waals surface area contributed by atoms with Crippen LogP contribution in [0.2, 0.25) is 0 Å². The quantitative estimate of drug-likeness (QED) is 0.895. The number of carbonyl (C=O) groups is 2. The van der Waals surface area contributed by atoms with Crippen LogP contribution in [0.25, 0.3) is 0 Å². The first-order valence-corrected chi connectivity index (χ1v) is 7.45. The van der Waals surface area contributed by atoms with Gasteiger partial charge in [0.1, 0.15) is 0 Å². The van der Waals surface area contributed by atoms with Crippen molar-refractivity contribution in [3.63, 3.8) is 0 Å². The maximum absolute atomic E-state index is 11.7. The van der Waals surface area contributed by atoms with Gasteiger partial charge in [0.05, 0.1) is 12.0 Å². The van der Waals surface area contributed by atoms with Gasteiger partial charge in [-0.05, 0) is 11.4 Å². The second-order valence-corrected chi connectivity index (χ2v) is 5.48. The van der Waals surface area contributed by atoms with Crippen molar-refractivity contribution in [2.24, 2.45) is 0 Å². The van der Waals surface area contributed by atoms with Gasteiger partial charge in [-0.1, -0.05) is 6.07 Å². The standard InChI is InChI=1S/C13H19N3O3S/c1-19-13(18)16-8-6-15(7-9-16)5-4-14-12(17)11-3-2-10-20-11/h2-3,10H,4-9H2,1H3,(H,14,17). The van der Waals surface area contributed by atoms with Crippen molar-refractivity contribution in [3.8, 4) is 0 Å². The number of amides is 2. The van der Waals surface area contributed by atoms with Crippen LogP contribution in [-0.2, 0) is 4.74 Å². The minimum absolute atomic E-state index is 0.0202. The summed E-state index contributed by atoms with van der Waals surface area (Å²) in [5.74, 6) is -0.0202. The topological polar surface area (TPSA) is 61.9 Å². The van der Waals surface area contributed by atoms with Crippen LogP contribution in [0.1, 0.15) is 9.67 Å². The van der Waals surface area contributed by atoms with Gasteiger partial charge in [-0.25, -0.2) is 4.79 Å². The minimum atomic E-state index is -0.268. The van der Waals surface area contributed by atoms with Gasteiger partial charge in [0.15, 0.2) is 0 Å². The largest absolute Gasteiger partial charge is 0.453 e. The third-order valence-corrected chi connectivity index (χ3v) is 4.13. The number of hydrogen-bond donors (Lipinski definition) is 1. The smallest absolute Gasteiger partial charge is 0.409 e. The Morgan fingerprint density at radius 2 is 2.10 bits per heavy atom.